The van der Waals surface area contributed by atoms with E-state index in [-0.39, 0.29) is 17.5 Å². The summed E-state index contributed by atoms with van der Waals surface area (Å²) in [5.41, 5.74) is 1.07. The van der Waals surface area contributed by atoms with Crippen LogP contribution in [0, 0.1) is 12.3 Å². The molecule has 0 aliphatic carbocycles. The Morgan fingerprint density at radius 1 is 1.28 bits per heavy atom. The zero-order valence-electron chi connectivity index (χ0n) is 15.8. The van der Waals surface area contributed by atoms with Crippen LogP contribution in [0.2, 0.25) is 0 Å². The molecule has 2 N–H and O–H groups in total. The van der Waals surface area contributed by atoms with Gasteiger partial charge in [-0.25, -0.2) is 13.6 Å². The molecule has 3 rings (SSSR count). The van der Waals surface area contributed by atoms with Gasteiger partial charge in [-0.05, 0) is 56.3 Å². The molecule has 29 heavy (non-hydrogen) atoms. The molecule has 0 aliphatic heterocycles. The number of thiazole rings is 1. The van der Waals surface area contributed by atoms with Crippen molar-refractivity contribution in [3.8, 4) is 18.1 Å². The topological polar surface area (TPSA) is 104 Å². The summed E-state index contributed by atoms with van der Waals surface area (Å²) in [5, 5.41) is 5.20. The van der Waals surface area contributed by atoms with Crippen molar-refractivity contribution in [1.82, 2.24) is 4.57 Å². The minimum atomic E-state index is -3.84. The third-order valence-electron chi connectivity index (χ3n) is 3.90. The minimum Gasteiger partial charge on any atom is -0.491 e. The van der Waals surface area contributed by atoms with Gasteiger partial charge in [0, 0.05) is 5.56 Å². The fourth-order valence-corrected chi connectivity index (χ4v) is 4.34. The zero-order valence-corrected chi connectivity index (χ0v) is 17.5. The molecule has 7 nitrogen and oxygen atoms in total. The number of rotatable bonds is 5. The Hall–Kier alpha value is -2.93. The fourth-order valence-electron chi connectivity index (χ4n) is 2.66. The number of hydrogen-bond donors (Lipinski definition) is 1. The monoisotopic (exact) mass is 429 g/mol. The van der Waals surface area contributed by atoms with Crippen LogP contribution in [0.3, 0.4) is 0 Å². The van der Waals surface area contributed by atoms with Gasteiger partial charge < -0.3 is 9.30 Å². The van der Waals surface area contributed by atoms with Crippen molar-refractivity contribution in [3.05, 3.63) is 52.8 Å². The molecule has 0 fully saturated rings. The van der Waals surface area contributed by atoms with E-state index in [9.17, 15) is 13.2 Å². The number of primary sulfonamides is 1. The predicted octanol–water partition coefficient (Wildman–Crippen LogP) is 2.51. The Kier molecular flexibility index (Phi) is 5.88. The molecule has 0 atom stereocenters. The zero-order chi connectivity index (χ0) is 21.2. The van der Waals surface area contributed by atoms with E-state index in [2.05, 4.69) is 10.9 Å². The van der Waals surface area contributed by atoms with E-state index >= 15 is 0 Å². The smallest absolute Gasteiger partial charge is 0.279 e. The molecule has 3 aromatic rings. The molecule has 0 unspecified atom stereocenters. The van der Waals surface area contributed by atoms with Crippen LogP contribution in [0.4, 0.5) is 0 Å². The van der Waals surface area contributed by atoms with Crippen molar-refractivity contribution in [2.75, 3.05) is 0 Å². The lowest BCUT2D eigenvalue weighted by molar-refractivity contribution is 0.0998. The number of terminal acetylenes is 1. The van der Waals surface area contributed by atoms with Crippen molar-refractivity contribution in [1.29, 1.82) is 0 Å². The van der Waals surface area contributed by atoms with E-state index in [4.69, 9.17) is 16.3 Å². The lowest BCUT2D eigenvalue weighted by Gasteiger charge is -2.09. The Morgan fingerprint density at radius 3 is 2.55 bits per heavy atom. The molecule has 1 heterocycles. The molecule has 1 aromatic heterocycles. The number of carbonyl (C=O) groups is 1. The minimum absolute atomic E-state index is 0.0160. The Balaban J connectivity index is 2.05. The second-order valence-electron chi connectivity index (χ2n) is 6.46. The van der Waals surface area contributed by atoms with Gasteiger partial charge in [-0.2, -0.15) is 4.99 Å². The molecule has 0 saturated heterocycles. The molecule has 0 radical (unpaired) electrons. The third kappa shape index (κ3) is 4.74. The summed E-state index contributed by atoms with van der Waals surface area (Å²) < 4.78 is 31.1. The highest BCUT2D eigenvalue weighted by molar-refractivity contribution is 7.89. The molecule has 150 valence electrons. The number of amides is 1. The number of fused-ring (bicyclic) bond motifs is 1. The second kappa shape index (κ2) is 8.21. The Morgan fingerprint density at radius 2 is 1.97 bits per heavy atom. The first-order valence-corrected chi connectivity index (χ1v) is 11.0. The van der Waals surface area contributed by atoms with Crippen molar-refractivity contribution in [3.63, 3.8) is 0 Å². The summed E-state index contributed by atoms with van der Waals surface area (Å²) in [4.78, 5) is 17.2. The summed E-state index contributed by atoms with van der Waals surface area (Å²) in [6, 6.07) is 11.1. The van der Waals surface area contributed by atoms with E-state index in [1.807, 2.05) is 13.8 Å². The quantitative estimate of drug-likeness (QED) is 0.629. The van der Waals surface area contributed by atoms with Gasteiger partial charge in [-0.15, -0.1) is 6.42 Å². The standard InChI is InChI=1S/C20H19N3O4S2/c1-4-11-23-17-10-9-16(29(21,25)26)12-18(17)28-20(23)22-19(24)14-5-7-15(8-6-14)27-13(2)3/h1,5-10,12-13H,11H2,2-3H3,(H2,21,25,26). The molecular formula is C20H19N3O4S2. The maximum atomic E-state index is 12.6. The molecule has 0 aliphatic rings. The first kappa shape index (κ1) is 20.8. The van der Waals surface area contributed by atoms with Gasteiger partial charge in [0.15, 0.2) is 4.80 Å². The van der Waals surface area contributed by atoms with Gasteiger partial charge in [0.2, 0.25) is 10.0 Å². The predicted molar refractivity (Wildman–Crippen MR) is 112 cm³/mol. The number of hydrogen-bond acceptors (Lipinski definition) is 5. The number of sulfonamides is 1. The van der Waals surface area contributed by atoms with Crippen molar-refractivity contribution >= 4 is 37.5 Å². The molecule has 2 aromatic carbocycles. The van der Waals surface area contributed by atoms with Crippen LogP contribution in [0.5, 0.6) is 5.75 Å². The van der Waals surface area contributed by atoms with E-state index in [1.165, 1.54) is 12.1 Å². The second-order valence-corrected chi connectivity index (χ2v) is 9.03. The first-order chi connectivity index (χ1) is 13.7. The summed E-state index contributed by atoms with van der Waals surface area (Å²) in [6.07, 6.45) is 5.49. The van der Waals surface area contributed by atoms with Crippen LogP contribution in [0.1, 0.15) is 24.2 Å². The van der Waals surface area contributed by atoms with Crippen LogP contribution in [-0.2, 0) is 16.6 Å². The van der Waals surface area contributed by atoms with Crippen molar-refractivity contribution in [2.24, 2.45) is 10.1 Å². The van der Waals surface area contributed by atoms with E-state index < -0.39 is 15.9 Å². The summed E-state index contributed by atoms with van der Waals surface area (Å²) in [5.74, 6) is 2.75. The average Bonchev–Trinajstić information content (AvgIpc) is 2.98. The SMILES string of the molecule is C#CCn1c(=NC(=O)c2ccc(OC(C)C)cc2)sc2cc(S(N)(=O)=O)ccc21. The van der Waals surface area contributed by atoms with E-state index in [0.717, 1.165) is 11.3 Å². The highest BCUT2D eigenvalue weighted by atomic mass is 32.2. The van der Waals surface area contributed by atoms with Crippen molar-refractivity contribution < 1.29 is 17.9 Å². The molecule has 0 bridgehead atoms. The van der Waals surface area contributed by atoms with Gasteiger partial charge in [-0.3, -0.25) is 4.79 Å². The van der Waals surface area contributed by atoms with Gasteiger partial charge in [0.05, 0.1) is 27.8 Å². The lowest BCUT2D eigenvalue weighted by atomic mass is 10.2. The molecule has 0 spiro atoms. The molecule has 9 heteroatoms. The van der Waals surface area contributed by atoms with Crippen LogP contribution < -0.4 is 14.7 Å². The first-order valence-electron chi connectivity index (χ1n) is 8.64. The maximum Gasteiger partial charge on any atom is 0.279 e. The highest BCUT2D eigenvalue weighted by Gasteiger charge is 2.13. The number of aromatic nitrogens is 1. The average molecular weight is 430 g/mol. The third-order valence-corrected chi connectivity index (χ3v) is 5.85. The van der Waals surface area contributed by atoms with Gasteiger partial charge in [-0.1, -0.05) is 17.3 Å². The fraction of sp³-hybridized carbons (Fsp3) is 0.200. The highest BCUT2D eigenvalue weighted by Crippen LogP contribution is 2.21. The maximum absolute atomic E-state index is 12.6. The Labute approximate surface area is 172 Å². The lowest BCUT2D eigenvalue weighted by Crippen LogP contribution is -2.16. The normalized spacial score (nSPS) is 12.3. The largest absolute Gasteiger partial charge is 0.491 e. The summed E-state index contributed by atoms with van der Waals surface area (Å²) in [6.45, 7) is 4.02. The van der Waals surface area contributed by atoms with E-state index in [0.29, 0.717) is 26.3 Å². The number of benzene rings is 2. The molecule has 0 saturated carbocycles. The van der Waals surface area contributed by atoms with Gasteiger partial charge in [0.1, 0.15) is 5.75 Å². The van der Waals surface area contributed by atoms with Gasteiger partial charge in [0.25, 0.3) is 5.91 Å². The van der Waals surface area contributed by atoms with E-state index in [1.54, 1.807) is 34.9 Å². The number of nitrogens with two attached hydrogens (primary N) is 1. The number of carbonyl (C=O) groups excluding carboxylic acids is 1. The number of nitrogens with zero attached hydrogens (tertiary/aromatic N) is 2. The summed E-state index contributed by atoms with van der Waals surface area (Å²) in [7, 11) is -3.84. The molecule has 1 amide bonds. The number of ether oxygens (including phenoxy) is 1. The molecular weight excluding hydrogens is 410 g/mol. The van der Waals surface area contributed by atoms with Crippen LogP contribution in [0.15, 0.2) is 52.4 Å². The Bertz CT molecular complexity index is 1280. The summed E-state index contributed by atoms with van der Waals surface area (Å²) >= 11 is 1.16. The van der Waals surface area contributed by atoms with Crippen LogP contribution in [0.25, 0.3) is 10.2 Å². The van der Waals surface area contributed by atoms with Crippen LogP contribution >= 0.6 is 11.3 Å². The van der Waals surface area contributed by atoms with Gasteiger partial charge >= 0.3 is 0 Å². The van der Waals surface area contributed by atoms with Crippen molar-refractivity contribution in [2.45, 2.75) is 31.4 Å². The van der Waals surface area contributed by atoms with Crippen LogP contribution in [-0.4, -0.2) is 25.0 Å².